The Balaban J connectivity index is 1.81. The molecule has 0 atom stereocenters. The van der Waals surface area contributed by atoms with E-state index in [1.807, 2.05) is 10.8 Å². The van der Waals surface area contributed by atoms with Gasteiger partial charge in [0.15, 0.2) is 0 Å². The summed E-state index contributed by atoms with van der Waals surface area (Å²) in [5.41, 5.74) is 0. The molecule has 1 aromatic heterocycles. The van der Waals surface area contributed by atoms with Crippen LogP contribution in [-0.4, -0.2) is 52.4 Å². The highest BCUT2D eigenvalue weighted by Gasteiger charge is 2.10. The van der Waals surface area contributed by atoms with Crippen molar-refractivity contribution in [2.75, 3.05) is 32.8 Å². The van der Waals surface area contributed by atoms with E-state index in [0.29, 0.717) is 0 Å². The molecule has 0 amide bonds. The molecule has 5 nitrogen and oxygen atoms in total. The van der Waals surface area contributed by atoms with Crippen LogP contribution in [0.2, 0.25) is 0 Å². The lowest BCUT2D eigenvalue weighted by Gasteiger charge is -2.26. The van der Waals surface area contributed by atoms with Crippen molar-refractivity contribution >= 4 is 0 Å². The molecule has 1 fully saturated rings. The van der Waals surface area contributed by atoms with E-state index < -0.39 is 0 Å². The fourth-order valence-corrected chi connectivity index (χ4v) is 1.77. The summed E-state index contributed by atoms with van der Waals surface area (Å²) < 4.78 is 7.28. The van der Waals surface area contributed by atoms with Crippen LogP contribution < -0.4 is 0 Å². The van der Waals surface area contributed by atoms with E-state index >= 15 is 0 Å². The number of nitrogens with zero attached hydrogens (tertiary/aromatic N) is 3. The Labute approximate surface area is 89.3 Å². The number of aromatic nitrogens is 2. The van der Waals surface area contributed by atoms with Crippen molar-refractivity contribution < 1.29 is 9.84 Å². The number of hydrogen-bond donors (Lipinski definition) is 1. The van der Waals surface area contributed by atoms with Gasteiger partial charge in [0, 0.05) is 38.6 Å². The molecule has 2 heterocycles. The predicted molar refractivity (Wildman–Crippen MR) is 55.4 cm³/mol. The Kier molecular flexibility index (Phi) is 3.71. The SMILES string of the molecule is OCc1nccn1CCN1CCOCC1. The highest BCUT2D eigenvalue weighted by Crippen LogP contribution is 2.01. The molecule has 0 spiro atoms. The highest BCUT2D eigenvalue weighted by molar-refractivity contribution is 4.90. The summed E-state index contributed by atoms with van der Waals surface area (Å²) in [6.07, 6.45) is 3.64. The molecule has 2 rings (SSSR count). The van der Waals surface area contributed by atoms with E-state index in [9.17, 15) is 0 Å². The van der Waals surface area contributed by atoms with Crippen molar-refractivity contribution in [2.45, 2.75) is 13.2 Å². The first-order valence-corrected chi connectivity index (χ1v) is 5.31. The van der Waals surface area contributed by atoms with Crippen LogP contribution in [0.3, 0.4) is 0 Å². The number of morpholine rings is 1. The molecule has 84 valence electrons. The number of ether oxygens (including phenoxy) is 1. The zero-order valence-corrected chi connectivity index (χ0v) is 8.80. The fourth-order valence-electron chi connectivity index (χ4n) is 1.77. The second-order valence-electron chi connectivity index (χ2n) is 3.65. The maximum absolute atomic E-state index is 9.03. The molecular formula is C10H17N3O2. The molecule has 5 heteroatoms. The average Bonchev–Trinajstić information content (AvgIpc) is 2.75. The molecule has 0 aromatic carbocycles. The van der Waals surface area contributed by atoms with Crippen LogP contribution in [0.5, 0.6) is 0 Å². The first-order chi connectivity index (χ1) is 7.40. The number of aliphatic hydroxyl groups excluding tert-OH is 1. The van der Waals surface area contributed by atoms with E-state index in [1.54, 1.807) is 6.20 Å². The summed E-state index contributed by atoms with van der Waals surface area (Å²) in [5, 5.41) is 9.03. The Bertz CT molecular complexity index is 295. The lowest BCUT2D eigenvalue weighted by Crippen LogP contribution is -2.38. The second kappa shape index (κ2) is 5.25. The van der Waals surface area contributed by atoms with Gasteiger partial charge in [-0.1, -0.05) is 0 Å². The number of aliphatic hydroxyl groups is 1. The molecule has 0 radical (unpaired) electrons. The van der Waals surface area contributed by atoms with Crippen molar-refractivity contribution in [1.82, 2.24) is 14.5 Å². The van der Waals surface area contributed by atoms with E-state index in [4.69, 9.17) is 9.84 Å². The maximum atomic E-state index is 9.03. The van der Waals surface area contributed by atoms with Gasteiger partial charge >= 0.3 is 0 Å². The van der Waals surface area contributed by atoms with Gasteiger partial charge in [-0.15, -0.1) is 0 Å². The van der Waals surface area contributed by atoms with Gasteiger partial charge in [-0.3, -0.25) is 4.90 Å². The minimum atomic E-state index is 0.0100. The third-order valence-corrected chi connectivity index (χ3v) is 2.70. The molecule has 0 unspecified atom stereocenters. The van der Waals surface area contributed by atoms with Gasteiger partial charge in [-0.05, 0) is 0 Å². The summed E-state index contributed by atoms with van der Waals surface area (Å²) in [4.78, 5) is 6.43. The fraction of sp³-hybridized carbons (Fsp3) is 0.700. The Morgan fingerprint density at radius 2 is 2.13 bits per heavy atom. The van der Waals surface area contributed by atoms with Gasteiger partial charge in [0.05, 0.1) is 13.2 Å². The quantitative estimate of drug-likeness (QED) is 0.743. The van der Waals surface area contributed by atoms with Gasteiger partial charge in [-0.25, -0.2) is 4.98 Å². The topological polar surface area (TPSA) is 50.5 Å². The van der Waals surface area contributed by atoms with Gasteiger partial charge < -0.3 is 14.4 Å². The molecule has 1 N–H and O–H groups in total. The summed E-state index contributed by atoms with van der Waals surface area (Å²) in [6, 6.07) is 0. The lowest BCUT2D eigenvalue weighted by atomic mass is 10.4. The van der Waals surface area contributed by atoms with Crippen LogP contribution >= 0.6 is 0 Å². The normalized spacial score (nSPS) is 18.2. The molecular weight excluding hydrogens is 194 g/mol. The van der Waals surface area contributed by atoms with Gasteiger partial charge in [0.25, 0.3) is 0 Å². The Morgan fingerprint density at radius 3 is 2.87 bits per heavy atom. The van der Waals surface area contributed by atoms with Gasteiger partial charge in [0.1, 0.15) is 12.4 Å². The molecule has 15 heavy (non-hydrogen) atoms. The Morgan fingerprint density at radius 1 is 1.33 bits per heavy atom. The van der Waals surface area contributed by atoms with Crippen LogP contribution in [0.25, 0.3) is 0 Å². The molecule has 1 aromatic rings. The Hall–Kier alpha value is -0.910. The lowest BCUT2D eigenvalue weighted by molar-refractivity contribution is 0.0362. The van der Waals surface area contributed by atoms with Crippen LogP contribution in [0.4, 0.5) is 0 Å². The zero-order chi connectivity index (χ0) is 10.5. The van der Waals surface area contributed by atoms with E-state index in [2.05, 4.69) is 9.88 Å². The zero-order valence-electron chi connectivity index (χ0n) is 8.80. The summed E-state index contributed by atoms with van der Waals surface area (Å²) in [5.74, 6) is 0.739. The predicted octanol–water partition coefficient (Wildman–Crippen LogP) is -0.292. The second-order valence-corrected chi connectivity index (χ2v) is 3.65. The van der Waals surface area contributed by atoms with Crippen LogP contribution in [0.15, 0.2) is 12.4 Å². The average molecular weight is 211 g/mol. The molecule has 1 aliphatic rings. The summed E-state index contributed by atoms with van der Waals surface area (Å²) in [6.45, 7) is 5.55. The number of hydrogen-bond acceptors (Lipinski definition) is 4. The van der Waals surface area contributed by atoms with E-state index in [1.165, 1.54) is 0 Å². The number of imidazole rings is 1. The van der Waals surface area contributed by atoms with Crippen LogP contribution in [-0.2, 0) is 17.9 Å². The van der Waals surface area contributed by atoms with Crippen molar-refractivity contribution in [2.24, 2.45) is 0 Å². The third kappa shape index (κ3) is 2.77. The standard InChI is InChI=1S/C10H17N3O2/c14-9-10-11-1-2-13(10)4-3-12-5-7-15-8-6-12/h1-2,14H,3-9H2. The molecule has 0 bridgehead atoms. The van der Waals surface area contributed by atoms with Gasteiger partial charge in [0.2, 0.25) is 0 Å². The van der Waals surface area contributed by atoms with Crippen molar-refractivity contribution in [3.63, 3.8) is 0 Å². The smallest absolute Gasteiger partial charge is 0.134 e. The van der Waals surface area contributed by atoms with E-state index in [0.717, 1.165) is 45.2 Å². The maximum Gasteiger partial charge on any atom is 0.134 e. The first-order valence-electron chi connectivity index (χ1n) is 5.31. The first kappa shape index (κ1) is 10.6. The van der Waals surface area contributed by atoms with E-state index in [-0.39, 0.29) is 6.61 Å². The molecule has 0 aliphatic carbocycles. The molecule has 1 saturated heterocycles. The monoisotopic (exact) mass is 211 g/mol. The number of rotatable bonds is 4. The van der Waals surface area contributed by atoms with Crippen LogP contribution in [0, 0.1) is 0 Å². The largest absolute Gasteiger partial charge is 0.388 e. The molecule has 0 saturated carbocycles. The van der Waals surface area contributed by atoms with Crippen molar-refractivity contribution in [3.05, 3.63) is 18.2 Å². The van der Waals surface area contributed by atoms with Crippen LogP contribution in [0.1, 0.15) is 5.82 Å². The van der Waals surface area contributed by atoms with Crippen molar-refractivity contribution in [1.29, 1.82) is 0 Å². The molecule has 1 aliphatic heterocycles. The minimum absolute atomic E-state index is 0.0100. The third-order valence-electron chi connectivity index (χ3n) is 2.70. The minimum Gasteiger partial charge on any atom is -0.388 e. The van der Waals surface area contributed by atoms with Gasteiger partial charge in [-0.2, -0.15) is 0 Å². The van der Waals surface area contributed by atoms with Crippen molar-refractivity contribution in [3.8, 4) is 0 Å². The highest BCUT2D eigenvalue weighted by atomic mass is 16.5. The summed E-state index contributed by atoms with van der Waals surface area (Å²) in [7, 11) is 0. The summed E-state index contributed by atoms with van der Waals surface area (Å²) >= 11 is 0.